The van der Waals surface area contributed by atoms with Crippen LogP contribution >= 0.6 is 0 Å². The smallest absolute Gasteiger partial charge is 0.253 e. The molecule has 2 heterocycles. The van der Waals surface area contributed by atoms with Crippen LogP contribution in [0.5, 0.6) is 0 Å². The minimum absolute atomic E-state index is 0.165. The third-order valence-corrected chi connectivity index (χ3v) is 4.33. The average Bonchev–Trinajstić information content (AvgIpc) is 2.59. The summed E-state index contributed by atoms with van der Waals surface area (Å²) in [4.78, 5) is 23.5. The molecular formula is C23H36N2O2. The Balaban J connectivity index is 0.000000271. The molecule has 0 aliphatic rings. The molecule has 0 atom stereocenters. The highest BCUT2D eigenvalue weighted by Gasteiger charge is 2.06. The quantitative estimate of drug-likeness (QED) is 0.752. The lowest BCUT2D eigenvalue weighted by Crippen LogP contribution is -2.23. The highest BCUT2D eigenvalue weighted by Crippen LogP contribution is 2.06. The standard InChI is InChI=1S/C12H19NO.C11H17NO/c1-5-13-8-10(4)7-11(12(13)14)6-9(2)3;1-4-12-7-5-6-10(11(12)13)8-9(2)3/h7-9H,5-6H2,1-4H3;5-7,9H,4,8H2,1-3H3. The van der Waals surface area contributed by atoms with Crippen LogP contribution < -0.4 is 11.1 Å². The van der Waals surface area contributed by atoms with E-state index in [1.165, 1.54) is 5.56 Å². The van der Waals surface area contributed by atoms with Gasteiger partial charge in [-0.2, -0.15) is 0 Å². The Bertz CT molecular complexity index is 829. The topological polar surface area (TPSA) is 44.0 Å². The van der Waals surface area contributed by atoms with Gasteiger partial charge in [-0.15, -0.1) is 0 Å². The molecule has 0 aromatic carbocycles. The lowest BCUT2D eigenvalue weighted by Gasteiger charge is -2.09. The van der Waals surface area contributed by atoms with Gasteiger partial charge in [-0.1, -0.05) is 33.8 Å². The first kappa shape index (κ1) is 22.9. The lowest BCUT2D eigenvalue weighted by atomic mass is 10.0. The minimum Gasteiger partial charge on any atom is -0.316 e. The van der Waals surface area contributed by atoms with Crippen molar-refractivity contribution in [3.05, 3.63) is 68.0 Å². The second-order valence-electron chi connectivity index (χ2n) is 7.95. The highest BCUT2D eigenvalue weighted by atomic mass is 16.1. The Hall–Kier alpha value is -2.10. The summed E-state index contributed by atoms with van der Waals surface area (Å²) >= 11 is 0. The van der Waals surface area contributed by atoms with Crippen molar-refractivity contribution in [2.45, 2.75) is 74.4 Å². The zero-order chi connectivity index (χ0) is 20.6. The van der Waals surface area contributed by atoms with Gasteiger partial charge in [-0.3, -0.25) is 9.59 Å². The summed E-state index contributed by atoms with van der Waals surface area (Å²) in [5, 5.41) is 0. The zero-order valence-electron chi connectivity index (χ0n) is 18.1. The number of nitrogens with zero attached hydrogens (tertiary/aromatic N) is 2. The molecule has 150 valence electrons. The van der Waals surface area contributed by atoms with Gasteiger partial charge in [0.2, 0.25) is 0 Å². The van der Waals surface area contributed by atoms with Crippen molar-refractivity contribution in [1.29, 1.82) is 0 Å². The molecule has 2 rings (SSSR count). The Kier molecular flexibility index (Phi) is 9.27. The number of aromatic nitrogens is 2. The van der Waals surface area contributed by atoms with Crippen molar-refractivity contribution < 1.29 is 0 Å². The van der Waals surface area contributed by atoms with Crippen LogP contribution in [-0.2, 0) is 25.9 Å². The van der Waals surface area contributed by atoms with Crippen molar-refractivity contribution in [2.75, 3.05) is 0 Å². The van der Waals surface area contributed by atoms with Crippen LogP contribution in [0.25, 0.3) is 0 Å². The molecule has 0 spiro atoms. The summed E-state index contributed by atoms with van der Waals surface area (Å²) in [6.45, 7) is 16.1. The van der Waals surface area contributed by atoms with Gasteiger partial charge in [0.15, 0.2) is 0 Å². The maximum Gasteiger partial charge on any atom is 0.253 e. The fourth-order valence-electron chi connectivity index (χ4n) is 3.11. The van der Waals surface area contributed by atoms with E-state index < -0.39 is 0 Å². The van der Waals surface area contributed by atoms with E-state index in [-0.39, 0.29) is 11.1 Å². The molecule has 0 aliphatic carbocycles. The number of pyridine rings is 2. The molecule has 0 saturated heterocycles. The van der Waals surface area contributed by atoms with Crippen molar-refractivity contribution in [2.24, 2.45) is 11.8 Å². The van der Waals surface area contributed by atoms with Crippen LogP contribution in [0, 0.1) is 18.8 Å². The van der Waals surface area contributed by atoms with Gasteiger partial charge in [-0.25, -0.2) is 0 Å². The number of aryl methyl sites for hydroxylation is 3. The SMILES string of the molecule is CCn1cc(C)cc(CC(C)C)c1=O.CCn1cccc(CC(C)C)c1=O. The monoisotopic (exact) mass is 372 g/mol. The summed E-state index contributed by atoms with van der Waals surface area (Å²) in [6, 6.07) is 5.88. The first-order valence-electron chi connectivity index (χ1n) is 10.1. The van der Waals surface area contributed by atoms with Crippen LogP contribution in [0.1, 0.15) is 58.2 Å². The molecule has 27 heavy (non-hydrogen) atoms. The van der Waals surface area contributed by atoms with E-state index in [0.717, 1.165) is 37.1 Å². The molecule has 0 aliphatic heterocycles. The third kappa shape index (κ3) is 7.20. The van der Waals surface area contributed by atoms with E-state index in [1.54, 1.807) is 9.13 Å². The van der Waals surface area contributed by atoms with Crippen molar-refractivity contribution in [1.82, 2.24) is 9.13 Å². The number of rotatable bonds is 6. The number of hydrogen-bond acceptors (Lipinski definition) is 2. The average molecular weight is 373 g/mol. The predicted octanol–water partition coefficient (Wildman–Crippen LogP) is 4.44. The van der Waals surface area contributed by atoms with Gasteiger partial charge in [-0.05, 0) is 63.1 Å². The summed E-state index contributed by atoms with van der Waals surface area (Å²) < 4.78 is 3.53. The van der Waals surface area contributed by atoms with Crippen LogP contribution in [0.3, 0.4) is 0 Å². The lowest BCUT2D eigenvalue weighted by molar-refractivity contribution is 0.626. The van der Waals surface area contributed by atoms with Crippen LogP contribution in [0.4, 0.5) is 0 Å². The number of hydrogen-bond donors (Lipinski definition) is 0. The van der Waals surface area contributed by atoms with Gasteiger partial charge < -0.3 is 9.13 Å². The molecule has 0 radical (unpaired) electrons. The molecule has 2 aromatic rings. The fraction of sp³-hybridized carbons (Fsp3) is 0.565. The second kappa shape index (κ2) is 10.9. The Morgan fingerprint density at radius 1 is 0.852 bits per heavy atom. The molecule has 4 nitrogen and oxygen atoms in total. The normalized spacial score (nSPS) is 10.9. The second-order valence-corrected chi connectivity index (χ2v) is 7.95. The highest BCUT2D eigenvalue weighted by molar-refractivity contribution is 5.18. The van der Waals surface area contributed by atoms with E-state index in [1.807, 2.05) is 51.4 Å². The van der Waals surface area contributed by atoms with Gasteiger partial charge in [0.25, 0.3) is 11.1 Å². The summed E-state index contributed by atoms with van der Waals surface area (Å²) in [6.07, 6.45) is 5.51. The predicted molar refractivity (Wildman–Crippen MR) is 115 cm³/mol. The van der Waals surface area contributed by atoms with Crippen molar-refractivity contribution in [3.8, 4) is 0 Å². The Morgan fingerprint density at radius 3 is 1.89 bits per heavy atom. The van der Waals surface area contributed by atoms with Crippen molar-refractivity contribution in [3.63, 3.8) is 0 Å². The Morgan fingerprint density at radius 2 is 1.37 bits per heavy atom. The van der Waals surface area contributed by atoms with Crippen LogP contribution in [0.15, 0.2) is 40.2 Å². The summed E-state index contributed by atoms with van der Waals surface area (Å²) in [5.41, 5.74) is 3.38. The molecule has 2 aromatic heterocycles. The third-order valence-electron chi connectivity index (χ3n) is 4.33. The molecular weight excluding hydrogens is 336 g/mol. The molecule has 4 heteroatoms. The summed E-state index contributed by atoms with van der Waals surface area (Å²) in [7, 11) is 0. The molecule has 0 bridgehead atoms. The maximum absolute atomic E-state index is 11.9. The first-order valence-corrected chi connectivity index (χ1v) is 10.1. The van der Waals surface area contributed by atoms with E-state index in [2.05, 4.69) is 27.7 Å². The van der Waals surface area contributed by atoms with Crippen LogP contribution in [0.2, 0.25) is 0 Å². The van der Waals surface area contributed by atoms with Gasteiger partial charge in [0.1, 0.15) is 0 Å². The zero-order valence-corrected chi connectivity index (χ0v) is 18.1. The fourth-order valence-corrected chi connectivity index (χ4v) is 3.11. The molecule has 0 N–H and O–H groups in total. The van der Waals surface area contributed by atoms with Crippen LogP contribution in [-0.4, -0.2) is 9.13 Å². The van der Waals surface area contributed by atoms with E-state index in [9.17, 15) is 9.59 Å². The summed E-state index contributed by atoms with van der Waals surface area (Å²) in [5.74, 6) is 1.08. The molecule has 0 fully saturated rings. The van der Waals surface area contributed by atoms with E-state index in [4.69, 9.17) is 0 Å². The van der Waals surface area contributed by atoms with E-state index >= 15 is 0 Å². The molecule has 0 saturated carbocycles. The minimum atomic E-state index is 0.165. The van der Waals surface area contributed by atoms with Gasteiger partial charge in [0, 0.05) is 36.6 Å². The van der Waals surface area contributed by atoms with Gasteiger partial charge in [0.05, 0.1) is 0 Å². The van der Waals surface area contributed by atoms with Crippen molar-refractivity contribution >= 4 is 0 Å². The largest absolute Gasteiger partial charge is 0.316 e. The Labute approximate surface area is 163 Å². The molecule has 0 unspecified atom stereocenters. The van der Waals surface area contributed by atoms with Gasteiger partial charge >= 0.3 is 0 Å². The molecule has 0 amide bonds. The maximum atomic E-state index is 11.9. The van der Waals surface area contributed by atoms with E-state index in [0.29, 0.717) is 11.8 Å². The first-order chi connectivity index (χ1) is 12.7.